The molecule has 2 amide bonds. The zero-order valence-electron chi connectivity index (χ0n) is 16.8. The Balaban J connectivity index is 1.69. The first-order valence-corrected chi connectivity index (χ1v) is 9.70. The fourth-order valence-corrected chi connectivity index (χ4v) is 3.79. The van der Waals surface area contributed by atoms with Crippen LogP contribution in [-0.4, -0.2) is 36.9 Å². The first-order chi connectivity index (χ1) is 13.4. The van der Waals surface area contributed by atoms with Crippen molar-refractivity contribution in [1.82, 2.24) is 10.2 Å². The van der Waals surface area contributed by atoms with Crippen molar-refractivity contribution >= 4 is 11.8 Å². The zero-order valence-corrected chi connectivity index (χ0v) is 16.8. The number of carbonyl (C=O) groups excluding carboxylic acids is 2. The molecule has 1 aliphatic heterocycles. The van der Waals surface area contributed by atoms with Crippen molar-refractivity contribution in [1.29, 1.82) is 0 Å². The number of amides is 2. The Kier molecular flexibility index (Phi) is 6.02. The molecule has 2 aromatic rings. The number of hydrogen-bond donors (Lipinski definition) is 1. The van der Waals surface area contributed by atoms with Gasteiger partial charge in [0, 0.05) is 19.6 Å². The lowest BCUT2D eigenvalue weighted by Gasteiger charge is -2.39. The highest BCUT2D eigenvalue weighted by molar-refractivity contribution is 5.97. The SMILES string of the molecule is COc1ccccc1C(=O)N1CCC[C@@](C)(C(=O)NCc2ccccc2C)C1. The third-order valence-corrected chi connectivity index (χ3v) is 5.57. The summed E-state index contributed by atoms with van der Waals surface area (Å²) in [6.45, 7) is 5.54. The molecule has 1 heterocycles. The second kappa shape index (κ2) is 8.46. The van der Waals surface area contributed by atoms with Crippen molar-refractivity contribution in [2.24, 2.45) is 5.41 Å². The van der Waals surface area contributed by atoms with Gasteiger partial charge >= 0.3 is 0 Å². The predicted octanol–water partition coefficient (Wildman–Crippen LogP) is 3.56. The van der Waals surface area contributed by atoms with Crippen molar-refractivity contribution in [3.05, 3.63) is 65.2 Å². The van der Waals surface area contributed by atoms with Gasteiger partial charge < -0.3 is 15.0 Å². The molecule has 0 radical (unpaired) electrons. The fraction of sp³-hybridized carbons (Fsp3) is 0.391. The van der Waals surface area contributed by atoms with Crippen LogP contribution in [0, 0.1) is 12.3 Å². The van der Waals surface area contributed by atoms with Gasteiger partial charge in [0.05, 0.1) is 18.1 Å². The van der Waals surface area contributed by atoms with Crippen LogP contribution in [0.25, 0.3) is 0 Å². The van der Waals surface area contributed by atoms with Crippen LogP contribution in [0.1, 0.15) is 41.3 Å². The van der Waals surface area contributed by atoms with Crippen LogP contribution < -0.4 is 10.1 Å². The number of ether oxygens (including phenoxy) is 1. The van der Waals surface area contributed by atoms with Gasteiger partial charge in [-0.1, -0.05) is 36.4 Å². The maximum atomic E-state index is 13.0. The van der Waals surface area contributed by atoms with Gasteiger partial charge in [0.1, 0.15) is 5.75 Å². The number of para-hydroxylation sites is 1. The molecule has 148 valence electrons. The first kappa shape index (κ1) is 19.9. The fourth-order valence-electron chi connectivity index (χ4n) is 3.79. The Hall–Kier alpha value is -2.82. The number of aryl methyl sites for hydroxylation is 1. The van der Waals surface area contributed by atoms with Gasteiger partial charge in [-0.15, -0.1) is 0 Å². The van der Waals surface area contributed by atoms with Crippen LogP contribution >= 0.6 is 0 Å². The quantitative estimate of drug-likeness (QED) is 0.863. The molecule has 1 aliphatic rings. The summed E-state index contributed by atoms with van der Waals surface area (Å²) in [4.78, 5) is 27.8. The number of rotatable bonds is 5. The van der Waals surface area contributed by atoms with Crippen LogP contribution in [0.15, 0.2) is 48.5 Å². The molecular formula is C23H28N2O3. The molecule has 5 heteroatoms. The summed E-state index contributed by atoms with van der Waals surface area (Å²) in [5.41, 5.74) is 2.20. The molecule has 0 aliphatic carbocycles. The Morgan fingerprint density at radius 3 is 2.61 bits per heavy atom. The second-order valence-electron chi connectivity index (χ2n) is 7.70. The minimum absolute atomic E-state index is 0.00622. The lowest BCUT2D eigenvalue weighted by Crippen LogP contribution is -2.51. The molecule has 1 atom stereocenters. The Morgan fingerprint density at radius 1 is 1.14 bits per heavy atom. The molecule has 1 fully saturated rings. The van der Waals surface area contributed by atoms with Gasteiger partial charge in [-0.3, -0.25) is 9.59 Å². The monoisotopic (exact) mass is 380 g/mol. The topological polar surface area (TPSA) is 58.6 Å². The van der Waals surface area contributed by atoms with Crippen molar-refractivity contribution in [3.8, 4) is 5.75 Å². The van der Waals surface area contributed by atoms with E-state index in [1.807, 2.05) is 50.2 Å². The minimum atomic E-state index is -0.599. The number of likely N-dealkylation sites (tertiary alicyclic amines) is 1. The molecule has 0 aromatic heterocycles. The summed E-state index contributed by atoms with van der Waals surface area (Å²) >= 11 is 0. The van der Waals surface area contributed by atoms with Gasteiger partial charge in [0.2, 0.25) is 5.91 Å². The van der Waals surface area contributed by atoms with E-state index in [0.717, 1.165) is 24.0 Å². The third kappa shape index (κ3) is 4.19. The molecule has 0 spiro atoms. The van der Waals surface area contributed by atoms with E-state index in [4.69, 9.17) is 4.74 Å². The van der Waals surface area contributed by atoms with E-state index in [1.54, 1.807) is 24.1 Å². The Morgan fingerprint density at radius 2 is 1.86 bits per heavy atom. The lowest BCUT2D eigenvalue weighted by atomic mass is 9.80. The largest absolute Gasteiger partial charge is 0.496 e. The number of piperidine rings is 1. The number of nitrogens with one attached hydrogen (secondary N) is 1. The smallest absolute Gasteiger partial charge is 0.257 e. The van der Waals surface area contributed by atoms with Crippen LogP contribution in [0.3, 0.4) is 0 Å². The minimum Gasteiger partial charge on any atom is -0.496 e. The third-order valence-electron chi connectivity index (χ3n) is 5.57. The van der Waals surface area contributed by atoms with E-state index >= 15 is 0 Å². The highest BCUT2D eigenvalue weighted by atomic mass is 16.5. The number of nitrogens with zero attached hydrogens (tertiary/aromatic N) is 1. The van der Waals surface area contributed by atoms with Crippen molar-refractivity contribution < 1.29 is 14.3 Å². The summed E-state index contributed by atoms with van der Waals surface area (Å²) in [6.07, 6.45) is 1.57. The van der Waals surface area contributed by atoms with Gasteiger partial charge in [-0.05, 0) is 49.9 Å². The Labute approximate surface area is 166 Å². The lowest BCUT2D eigenvalue weighted by molar-refractivity contribution is -0.132. The van der Waals surface area contributed by atoms with E-state index in [2.05, 4.69) is 5.32 Å². The van der Waals surface area contributed by atoms with Crippen LogP contribution in [0.2, 0.25) is 0 Å². The van der Waals surface area contributed by atoms with E-state index in [0.29, 0.717) is 30.9 Å². The summed E-state index contributed by atoms with van der Waals surface area (Å²) in [6, 6.07) is 15.3. The van der Waals surface area contributed by atoms with Crippen LogP contribution in [0.4, 0.5) is 0 Å². The van der Waals surface area contributed by atoms with E-state index in [9.17, 15) is 9.59 Å². The molecule has 28 heavy (non-hydrogen) atoms. The standard InChI is InChI=1S/C23H28N2O3/c1-17-9-4-5-10-18(17)15-24-22(27)23(2)13-8-14-25(16-23)21(26)19-11-6-7-12-20(19)28-3/h4-7,9-12H,8,13-16H2,1-3H3,(H,24,27)/t23-/m1/s1. The first-order valence-electron chi connectivity index (χ1n) is 9.70. The number of methoxy groups -OCH3 is 1. The highest BCUT2D eigenvalue weighted by Gasteiger charge is 2.39. The van der Waals surface area contributed by atoms with E-state index in [1.165, 1.54) is 0 Å². The summed E-state index contributed by atoms with van der Waals surface area (Å²) in [7, 11) is 1.56. The molecule has 1 saturated heterocycles. The maximum Gasteiger partial charge on any atom is 0.257 e. The predicted molar refractivity (Wildman–Crippen MR) is 109 cm³/mol. The molecular weight excluding hydrogens is 352 g/mol. The zero-order chi connectivity index (χ0) is 20.1. The van der Waals surface area contributed by atoms with E-state index < -0.39 is 5.41 Å². The van der Waals surface area contributed by atoms with E-state index in [-0.39, 0.29) is 11.8 Å². The highest BCUT2D eigenvalue weighted by Crippen LogP contribution is 2.32. The summed E-state index contributed by atoms with van der Waals surface area (Å²) in [5.74, 6) is 0.465. The van der Waals surface area contributed by atoms with Gasteiger partial charge in [0.25, 0.3) is 5.91 Å². The van der Waals surface area contributed by atoms with Gasteiger partial charge in [0.15, 0.2) is 0 Å². The molecule has 0 bridgehead atoms. The average Bonchev–Trinajstić information content (AvgIpc) is 2.72. The molecule has 0 unspecified atom stereocenters. The summed E-state index contributed by atoms with van der Waals surface area (Å²) < 4.78 is 5.33. The molecule has 1 N–H and O–H groups in total. The van der Waals surface area contributed by atoms with Gasteiger partial charge in [-0.2, -0.15) is 0 Å². The molecule has 5 nitrogen and oxygen atoms in total. The Bertz CT molecular complexity index is 864. The number of benzene rings is 2. The normalized spacial score (nSPS) is 19.2. The molecule has 3 rings (SSSR count). The van der Waals surface area contributed by atoms with Crippen molar-refractivity contribution in [2.45, 2.75) is 33.2 Å². The van der Waals surface area contributed by atoms with Crippen molar-refractivity contribution in [3.63, 3.8) is 0 Å². The summed E-state index contributed by atoms with van der Waals surface area (Å²) in [5, 5.41) is 3.07. The van der Waals surface area contributed by atoms with Gasteiger partial charge in [-0.25, -0.2) is 0 Å². The van der Waals surface area contributed by atoms with Crippen LogP contribution in [0.5, 0.6) is 5.75 Å². The maximum absolute atomic E-state index is 13.0. The molecule has 0 saturated carbocycles. The number of carbonyl (C=O) groups is 2. The number of hydrogen-bond acceptors (Lipinski definition) is 3. The second-order valence-corrected chi connectivity index (χ2v) is 7.70. The molecule has 2 aromatic carbocycles. The van der Waals surface area contributed by atoms with Crippen molar-refractivity contribution in [2.75, 3.05) is 20.2 Å². The van der Waals surface area contributed by atoms with Crippen LogP contribution in [-0.2, 0) is 11.3 Å². The average molecular weight is 380 g/mol.